The smallest absolute Gasteiger partial charge is 0.125 e. The molecule has 0 fully saturated rings. The van der Waals surface area contributed by atoms with E-state index in [4.69, 9.17) is 9.97 Å². The van der Waals surface area contributed by atoms with Gasteiger partial charge >= 0.3 is 0 Å². The van der Waals surface area contributed by atoms with Crippen molar-refractivity contribution in [1.82, 2.24) is 19.1 Å². The van der Waals surface area contributed by atoms with Crippen molar-refractivity contribution in [2.45, 2.75) is 0 Å². The zero-order chi connectivity index (χ0) is 55.0. The van der Waals surface area contributed by atoms with Gasteiger partial charge in [0.2, 0.25) is 0 Å². The normalized spacial score (nSPS) is 12.0. The minimum atomic E-state index is 0.987. The third-order valence-electron chi connectivity index (χ3n) is 17.3. The van der Waals surface area contributed by atoms with Crippen LogP contribution < -0.4 is 0 Å². The summed E-state index contributed by atoms with van der Waals surface area (Å²) in [6.07, 6.45) is 0. The molecule has 84 heavy (non-hydrogen) atoms. The molecule has 18 rings (SSSR count). The van der Waals surface area contributed by atoms with Crippen molar-refractivity contribution in [3.8, 4) is 67.0 Å². The summed E-state index contributed by atoms with van der Waals surface area (Å²) in [6, 6.07) is 103. The fourth-order valence-corrected chi connectivity index (χ4v) is 15.7. The van der Waals surface area contributed by atoms with E-state index in [0.29, 0.717) is 0 Å². The number of thiophene rings is 2. The van der Waals surface area contributed by atoms with Gasteiger partial charge in [-0.3, -0.25) is 0 Å². The zero-order valence-corrected chi connectivity index (χ0v) is 46.8. The molecule has 0 spiro atoms. The molecular formula is C78H46N4S2. The van der Waals surface area contributed by atoms with E-state index in [1.807, 2.05) is 0 Å². The van der Waals surface area contributed by atoms with E-state index in [0.717, 1.165) is 70.6 Å². The number of hydrogen-bond acceptors (Lipinski definition) is 4. The standard InChI is InChI=1S/C78H46N4S2/c1-2-16-47(17-3-1)51-37-40-69-62(44-51)63-45-52(38-41-70(63)82(69)56-21-14-18-53(42-56)73-59-24-4-9-27-65(59)79-77-75(73)60-25-7-12-30-71(60)83-77)49-34-32-48(33-35-49)50-36-39-66-64(46-50)74(76-61-26-8-13-31-72(61)84-78(76)80-66)54-19-15-20-55(43-54)81-67-28-10-5-22-57(67)58-23-6-11-29-68(58)81/h1-46H. The molecule has 0 atom stereocenters. The van der Waals surface area contributed by atoms with Gasteiger partial charge in [-0.1, -0.05) is 188 Å². The van der Waals surface area contributed by atoms with Crippen LogP contribution in [0.15, 0.2) is 279 Å². The van der Waals surface area contributed by atoms with E-state index >= 15 is 0 Å². The van der Waals surface area contributed by atoms with Crippen LogP contribution in [0, 0.1) is 0 Å². The molecule has 0 radical (unpaired) electrons. The van der Waals surface area contributed by atoms with Crippen LogP contribution >= 0.6 is 22.7 Å². The van der Waals surface area contributed by atoms with Crippen LogP contribution in [0.4, 0.5) is 0 Å². The molecule has 6 aromatic heterocycles. The molecule has 0 aliphatic carbocycles. The van der Waals surface area contributed by atoms with Crippen LogP contribution in [0.5, 0.6) is 0 Å². The van der Waals surface area contributed by atoms with Crippen molar-refractivity contribution in [2.75, 3.05) is 0 Å². The molecule has 12 aromatic carbocycles. The predicted octanol–water partition coefficient (Wildman–Crippen LogP) is 22.0. The van der Waals surface area contributed by atoms with Gasteiger partial charge in [0.1, 0.15) is 9.66 Å². The average Bonchev–Trinajstić information content (AvgIpc) is 2.77. The fourth-order valence-electron chi connectivity index (χ4n) is 13.5. The molecule has 0 bridgehead atoms. The van der Waals surface area contributed by atoms with Crippen LogP contribution in [-0.4, -0.2) is 19.1 Å². The first-order valence-corrected chi connectivity index (χ1v) is 30.2. The minimum absolute atomic E-state index is 0.987. The lowest BCUT2D eigenvalue weighted by molar-refractivity contribution is 1.18. The molecule has 0 aliphatic rings. The summed E-state index contributed by atoms with van der Waals surface area (Å²) in [7, 11) is 0. The molecule has 18 aromatic rings. The van der Waals surface area contributed by atoms with Gasteiger partial charge < -0.3 is 9.13 Å². The lowest BCUT2D eigenvalue weighted by atomic mass is 9.93. The van der Waals surface area contributed by atoms with Crippen LogP contribution in [0.1, 0.15) is 0 Å². The SMILES string of the molecule is c1ccc(-c2ccc3c(c2)c2cc(-c4ccc(-c5ccc6nc7sc8ccccc8c7c(-c7cccc(-n8c9ccccc9c9ccccc98)c7)c6c5)cc4)ccc2n3-c2cccc(-c3c4ccccc4nc4sc5ccccc5c34)c2)cc1. The Morgan fingerprint density at radius 3 is 1.17 bits per heavy atom. The largest absolute Gasteiger partial charge is 0.309 e. The maximum atomic E-state index is 5.39. The van der Waals surface area contributed by atoms with E-state index in [-0.39, 0.29) is 0 Å². The number of aromatic nitrogens is 4. The van der Waals surface area contributed by atoms with E-state index in [9.17, 15) is 0 Å². The number of para-hydroxylation sites is 3. The van der Waals surface area contributed by atoms with E-state index in [2.05, 4.69) is 288 Å². The monoisotopic (exact) mass is 1100 g/mol. The van der Waals surface area contributed by atoms with Crippen molar-refractivity contribution in [3.63, 3.8) is 0 Å². The second kappa shape index (κ2) is 18.5. The topological polar surface area (TPSA) is 35.6 Å². The molecule has 6 heterocycles. The highest BCUT2D eigenvalue weighted by molar-refractivity contribution is 7.26. The van der Waals surface area contributed by atoms with E-state index < -0.39 is 0 Å². The van der Waals surface area contributed by atoms with Crippen molar-refractivity contribution in [1.29, 1.82) is 0 Å². The Kier molecular flexibility index (Phi) is 10.4. The van der Waals surface area contributed by atoms with Gasteiger partial charge in [-0.25, -0.2) is 9.97 Å². The maximum Gasteiger partial charge on any atom is 0.125 e. The van der Waals surface area contributed by atoms with Crippen LogP contribution in [0.25, 0.3) is 173 Å². The molecule has 0 saturated heterocycles. The Morgan fingerprint density at radius 1 is 0.238 bits per heavy atom. The number of nitrogens with zero attached hydrogens (tertiary/aromatic N) is 4. The Morgan fingerprint density at radius 2 is 0.619 bits per heavy atom. The highest BCUT2D eigenvalue weighted by atomic mass is 32.1. The van der Waals surface area contributed by atoms with Crippen molar-refractivity contribution >= 4 is 129 Å². The number of hydrogen-bond donors (Lipinski definition) is 0. The zero-order valence-electron chi connectivity index (χ0n) is 45.2. The van der Waals surface area contributed by atoms with Gasteiger partial charge in [-0.15, -0.1) is 22.7 Å². The molecule has 4 nitrogen and oxygen atoms in total. The minimum Gasteiger partial charge on any atom is -0.309 e. The average molecular weight is 1100 g/mol. The summed E-state index contributed by atoms with van der Waals surface area (Å²) in [5.41, 5.74) is 20.8. The number of benzene rings is 12. The Labute approximate surface area is 490 Å². The molecule has 0 amide bonds. The molecule has 390 valence electrons. The van der Waals surface area contributed by atoms with Crippen molar-refractivity contribution in [2.24, 2.45) is 0 Å². The van der Waals surface area contributed by atoms with Crippen molar-refractivity contribution in [3.05, 3.63) is 279 Å². The first-order valence-electron chi connectivity index (χ1n) is 28.5. The lowest BCUT2D eigenvalue weighted by Crippen LogP contribution is -1.95. The predicted molar refractivity (Wildman–Crippen MR) is 359 cm³/mol. The highest BCUT2D eigenvalue weighted by Gasteiger charge is 2.22. The number of rotatable bonds is 7. The molecule has 0 aliphatic heterocycles. The van der Waals surface area contributed by atoms with Gasteiger partial charge in [-0.05, 0) is 136 Å². The lowest BCUT2D eigenvalue weighted by Gasteiger charge is -2.14. The summed E-state index contributed by atoms with van der Waals surface area (Å²) >= 11 is 3.54. The van der Waals surface area contributed by atoms with Gasteiger partial charge in [0, 0.05) is 85.8 Å². The second-order valence-corrected chi connectivity index (χ2v) is 24.1. The first kappa shape index (κ1) is 47.2. The molecule has 0 unspecified atom stereocenters. The highest BCUT2D eigenvalue weighted by Crippen LogP contribution is 2.47. The van der Waals surface area contributed by atoms with Gasteiger partial charge in [0.15, 0.2) is 0 Å². The fraction of sp³-hybridized carbons (Fsp3) is 0. The Bertz CT molecular complexity index is 5690. The number of fused-ring (bicyclic) bond motifs is 14. The third kappa shape index (κ3) is 7.24. The summed E-state index contributed by atoms with van der Waals surface area (Å²) in [4.78, 5) is 12.7. The summed E-state index contributed by atoms with van der Waals surface area (Å²) in [5, 5.41) is 12.1. The summed E-state index contributed by atoms with van der Waals surface area (Å²) in [6.45, 7) is 0. The van der Waals surface area contributed by atoms with E-state index in [1.54, 1.807) is 22.7 Å². The Hall–Kier alpha value is -10.5. The van der Waals surface area contributed by atoms with Crippen LogP contribution in [0.3, 0.4) is 0 Å². The van der Waals surface area contributed by atoms with Gasteiger partial charge in [0.25, 0.3) is 0 Å². The second-order valence-electron chi connectivity index (χ2n) is 22.0. The number of pyridine rings is 2. The first-order chi connectivity index (χ1) is 41.6. The third-order valence-corrected chi connectivity index (χ3v) is 19.5. The molecule has 0 saturated carbocycles. The Balaban J connectivity index is 0.767. The quantitative estimate of drug-likeness (QED) is 0.159. The van der Waals surface area contributed by atoms with Crippen LogP contribution in [0.2, 0.25) is 0 Å². The summed E-state index contributed by atoms with van der Waals surface area (Å²) < 4.78 is 7.36. The molecular weight excluding hydrogens is 1060 g/mol. The molecule has 6 heteroatoms. The van der Waals surface area contributed by atoms with Gasteiger partial charge in [0.05, 0.1) is 33.1 Å². The molecule has 0 N–H and O–H groups in total. The summed E-state index contributed by atoms with van der Waals surface area (Å²) in [5.74, 6) is 0. The maximum absolute atomic E-state index is 5.39. The van der Waals surface area contributed by atoms with Crippen molar-refractivity contribution < 1.29 is 0 Å². The van der Waals surface area contributed by atoms with E-state index in [1.165, 1.54) is 102 Å². The van der Waals surface area contributed by atoms with Crippen LogP contribution in [-0.2, 0) is 0 Å². The van der Waals surface area contributed by atoms with Gasteiger partial charge in [-0.2, -0.15) is 0 Å².